The average molecular weight is 521 g/mol. The molecule has 1 fully saturated rings. The molecule has 1 aliphatic carbocycles. The van der Waals surface area contributed by atoms with Gasteiger partial charge in [0.05, 0.1) is 6.61 Å². The largest absolute Gasteiger partial charge is 0.462 e. The third kappa shape index (κ3) is 20.8. The van der Waals surface area contributed by atoms with E-state index in [4.69, 9.17) is 9.47 Å². The maximum atomic E-state index is 11.7. The highest BCUT2D eigenvalue weighted by Crippen LogP contribution is 2.30. The molecule has 0 saturated heterocycles. The van der Waals surface area contributed by atoms with Gasteiger partial charge in [-0.05, 0) is 38.0 Å². The minimum atomic E-state index is -0.255. The van der Waals surface area contributed by atoms with E-state index in [-0.39, 0.29) is 5.97 Å². The molecule has 218 valence electrons. The highest BCUT2D eigenvalue weighted by atomic mass is 16.5. The fourth-order valence-corrected chi connectivity index (χ4v) is 5.72. The molecule has 0 aromatic heterocycles. The van der Waals surface area contributed by atoms with E-state index >= 15 is 0 Å². The van der Waals surface area contributed by atoms with Gasteiger partial charge in [-0.3, -0.25) is 0 Å². The summed E-state index contributed by atoms with van der Waals surface area (Å²) in [6.45, 7) is 9.92. The summed E-state index contributed by atoms with van der Waals surface area (Å²) in [6.07, 6.45) is 33.2. The molecule has 0 spiro atoms. The van der Waals surface area contributed by atoms with E-state index in [1.165, 1.54) is 148 Å². The van der Waals surface area contributed by atoms with Crippen molar-refractivity contribution in [3.63, 3.8) is 0 Å². The van der Waals surface area contributed by atoms with Crippen molar-refractivity contribution in [1.29, 1.82) is 0 Å². The van der Waals surface area contributed by atoms with Crippen LogP contribution in [-0.4, -0.2) is 25.8 Å². The summed E-state index contributed by atoms with van der Waals surface area (Å²) in [4.78, 5) is 11.7. The molecule has 1 rings (SSSR count). The number of hydrogen-bond donors (Lipinski definition) is 0. The Balaban J connectivity index is 1.80. The molecule has 0 bridgehead atoms. The first-order valence-corrected chi connectivity index (χ1v) is 16.6. The van der Waals surface area contributed by atoms with Crippen molar-refractivity contribution in [2.75, 3.05) is 19.8 Å². The Morgan fingerprint density at radius 2 is 1.00 bits per heavy atom. The summed E-state index contributed by atoms with van der Waals surface area (Å²) in [5.74, 6) is 0.735. The molecular weight excluding hydrogens is 456 g/mol. The Morgan fingerprint density at radius 1 is 0.622 bits per heavy atom. The Hall–Kier alpha value is -0.830. The molecular formula is C34H64O3. The van der Waals surface area contributed by atoms with Crippen molar-refractivity contribution in [2.24, 2.45) is 11.8 Å². The first-order chi connectivity index (χ1) is 18.1. The molecule has 0 N–H and O–H groups in total. The van der Waals surface area contributed by atoms with Crippen molar-refractivity contribution < 1.29 is 14.3 Å². The number of esters is 1. The van der Waals surface area contributed by atoms with Gasteiger partial charge in [0.1, 0.15) is 0 Å². The van der Waals surface area contributed by atoms with E-state index in [0.29, 0.717) is 24.0 Å². The lowest BCUT2D eigenvalue weighted by atomic mass is 9.80. The summed E-state index contributed by atoms with van der Waals surface area (Å²) in [6, 6.07) is 0. The average Bonchev–Trinajstić information content (AvgIpc) is 2.90. The molecule has 0 aromatic rings. The summed E-state index contributed by atoms with van der Waals surface area (Å²) >= 11 is 0. The number of unbranched alkanes of at least 4 members (excludes halogenated alkanes) is 19. The van der Waals surface area contributed by atoms with Crippen LogP contribution in [0.25, 0.3) is 0 Å². The molecule has 0 aliphatic heterocycles. The van der Waals surface area contributed by atoms with E-state index in [1.54, 1.807) is 6.92 Å². The lowest BCUT2D eigenvalue weighted by Gasteiger charge is -2.31. The summed E-state index contributed by atoms with van der Waals surface area (Å²) in [7, 11) is 0. The lowest BCUT2D eigenvalue weighted by Crippen LogP contribution is -2.29. The monoisotopic (exact) mass is 520 g/mol. The van der Waals surface area contributed by atoms with Crippen LogP contribution in [0.4, 0.5) is 0 Å². The van der Waals surface area contributed by atoms with Crippen LogP contribution in [0.1, 0.15) is 168 Å². The van der Waals surface area contributed by atoms with Crippen molar-refractivity contribution in [3.05, 3.63) is 12.2 Å². The van der Waals surface area contributed by atoms with Crippen LogP contribution >= 0.6 is 0 Å². The van der Waals surface area contributed by atoms with Crippen molar-refractivity contribution in [3.8, 4) is 0 Å². The van der Waals surface area contributed by atoms with Gasteiger partial charge < -0.3 is 9.47 Å². The maximum Gasteiger partial charge on any atom is 0.333 e. The zero-order chi connectivity index (χ0) is 26.8. The molecule has 0 aromatic carbocycles. The standard InChI is InChI=1S/C34H64O3/c1-4-5-6-7-8-9-10-11-12-13-14-15-16-17-18-19-20-21-22-25-28-36-29-32-26-23-24-27-33(32)30-37-34(35)31(2)3/h32-33H,2,4-30H2,1,3H3. The highest BCUT2D eigenvalue weighted by molar-refractivity contribution is 5.86. The zero-order valence-corrected chi connectivity index (χ0v) is 25.2. The summed E-state index contributed by atoms with van der Waals surface area (Å²) < 4.78 is 11.5. The molecule has 3 heteroatoms. The Kier molecular flexibility index (Phi) is 23.5. The topological polar surface area (TPSA) is 35.5 Å². The van der Waals surface area contributed by atoms with Gasteiger partial charge in [0.15, 0.2) is 0 Å². The van der Waals surface area contributed by atoms with Gasteiger partial charge in [0.2, 0.25) is 0 Å². The molecule has 37 heavy (non-hydrogen) atoms. The van der Waals surface area contributed by atoms with Crippen LogP contribution in [0.15, 0.2) is 12.2 Å². The van der Waals surface area contributed by atoms with Crippen LogP contribution in [0.3, 0.4) is 0 Å². The van der Waals surface area contributed by atoms with Gasteiger partial charge in [0.25, 0.3) is 0 Å². The normalized spacial score (nSPS) is 17.7. The van der Waals surface area contributed by atoms with Crippen LogP contribution in [0.2, 0.25) is 0 Å². The third-order valence-electron chi connectivity index (χ3n) is 8.32. The molecule has 2 atom stereocenters. The molecule has 0 heterocycles. The van der Waals surface area contributed by atoms with Crippen LogP contribution in [-0.2, 0) is 14.3 Å². The maximum absolute atomic E-state index is 11.7. The predicted molar refractivity (Wildman–Crippen MR) is 160 cm³/mol. The van der Waals surface area contributed by atoms with Gasteiger partial charge in [-0.2, -0.15) is 0 Å². The minimum Gasteiger partial charge on any atom is -0.462 e. The number of rotatable bonds is 26. The second-order valence-corrected chi connectivity index (χ2v) is 12.0. The SMILES string of the molecule is C=C(C)C(=O)OCC1CCCCC1COCCCCCCCCCCCCCCCCCCCCCC. The second-order valence-electron chi connectivity index (χ2n) is 12.0. The van der Waals surface area contributed by atoms with Crippen LogP contribution < -0.4 is 0 Å². The molecule has 1 saturated carbocycles. The molecule has 2 unspecified atom stereocenters. The Bertz CT molecular complexity index is 529. The van der Waals surface area contributed by atoms with E-state index in [9.17, 15) is 4.79 Å². The first-order valence-electron chi connectivity index (χ1n) is 16.6. The van der Waals surface area contributed by atoms with Crippen LogP contribution in [0, 0.1) is 11.8 Å². The Morgan fingerprint density at radius 3 is 1.41 bits per heavy atom. The van der Waals surface area contributed by atoms with Crippen molar-refractivity contribution >= 4 is 5.97 Å². The number of ether oxygens (including phenoxy) is 2. The fraction of sp³-hybridized carbons (Fsp3) is 0.912. The number of carbonyl (C=O) groups is 1. The van der Waals surface area contributed by atoms with Gasteiger partial charge in [-0.25, -0.2) is 4.79 Å². The summed E-state index contributed by atoms with van der Waals surface area (Å²) in [5, 5.41) is 0. The third-order valence-corrected chi connectivity index (χ3v) is 8.32. The molecule has 0 amide bonds. The van der Waals surface area contributed by atoms with Gasteiger partial charge in [-0.15, -0.1) is 0 Å². The van der Waals surface area contributed by atoms with Gasteiger partial charge in [0, 0.05) is 18.8 Å². The zero-order valence-electron chi connectivity index (χ0n) is 25.2. The number of hydrogen-bond acceptors (Lipinski definition) is 3. The van der Waals surface area contributed by atoms with E-state index < -0.39 is 0 Å². The van der Waals surface area contributed by atoms with Crippen molar-refractivity contribution in [1.82, 2.24) is 0 Å². The Labute approximate surface area is 231 Å². The molecule has 3 nitrogen and oxygen atoms in total. The van der Waals surface area contributed by atoms with Gasteiger partial charge >= 0.3 is 5.97 Å². The molecule has 1 aliphatic rings. The summed E-state index contributed by atoms with van der Waals surface area (Å²) in [5.41, 5.74) is 0.489. The second kappa shape index (κ2) is 25.4. The fourth-order valence-electron chi connectivity index (χ4n) is 5.72. The first kappa shape index (κ1) is 34.2. The van der Waals surface area contributed by atoms with Crippen molar-refractivity contribution in [2.45, 2.75) is 168 Å². The quantitative estimate of drug-likeness (QED) is 0.0646. The van der Waals surface area contributed by atoms with E-state index in [2.05, 4.69) is 13.5 Å². The highest BCUT2D eigenvalue weighted by Gasteiger charge is 2.26. The smallest absolute Gasteiger partial charge is 0.333 e. The predicted octanol–water partition coefficient (Wildman–Crippen LogP) is 10.8. The van der Waals surface area contributed by atoms with E-state index in [1.807, 2.05) is 0 Å². The molecule has 0 radical (unpaired) electrons. The number of carbonyl (C=O) groups excluding carboxylic acids is 1. The minimum absolute atomic E-state index is 0.255. The van der Waals surface area contributed by atoms with Crippen LogP contribution in [0.5, 0.6) is 0 Å². The van der Waals surface area contributed by atoms with Gasteiger partial charge in [-0.1, -0.05) is 148 Å². The lowest BCUT2D eigenvalue weighted by molar-refractivity contribution is -0.141. The van der Waals surface area contributed by atoms with E-state index in [0.717, 1.165) is 19.6 Å².